The third-order valence-electron chi connectivity index (χ3n) is 2.47. The number of rotatable bonds is 5. The van der Waals surface area contributed by atoms with Crippen LogP contribution in [0.15, 0.2) is 34.9 Å². The highest BCUT2D eigenvalue weighted by Crippen LogP contribution is 2.19. The Bertz CT molecular complexity index is 564. The van der Waals surface area contributed by atoms with Gasteiger partial charge in [0, 0.05) is 5.56 Å². The minimum absolute atomic E-state index is 0.0398. The topological polar surface area (TPSA) is 72.6 Å². The summed E-state index contributed by atoms with van der Waals surface area (Å²) in [5, 5.41) is 8.66. The largest absolute Gasteiger partial charge is 0.479 e. The second kappa shape index (κ2) is 5.62. The fraction of sp³-hybridized carbons (Fsp3) is 0.231. The Hall–Kier alpha value is -2.21. The van der Waals surface area contributed by atoms with Crippen LogP contribution in [0.25, 0.3) is 11.5 Å². The number of carboxylic acids is 1. The molecular formula is C13H12FNO4. The summed E-state index contributed by atoms with van der Waals surface area (Å²) in [6.07, 6.45) is 0.471. The number of ether oxygens (including phenoxy) is 1. The molecule has 0 bridgehead atoms. The van der Waals surface area contributed by atoms with Crippen LogP contribution in [0, 0.1) is 5.82 Å². The van der Waals surface area contributed by atoms with Crippen molar-refractivity contribution in [3.8, 4) is 11.5 Å². The Morgan fingerprint density at radius 1 is 1.47 bits per heavy atom. The molecule has 2 aromatic rings. The fourth-order valence-corrected chi connectivity index (χ4v) is 1.38. The molecule has 1 heterocycles. The zero-order valence-corrected chi connectivity index (χ0v) is 10.2. The summed E-state index contributed by atoms with van der Waals surface area (Å²) < 4.78 is 23.1. The quantitative estimate of drug-likeness (QED) is 0.899. The fourth-order valence-electron chi connectivity index (χ4n) is 1.38. The Morgan fingerprint density at radius 2 is 2.16 bits per heavy atom. The lowest BCUT2D eigenvalue weighted by Crippen LogP contribution is -2.19. The molecule has 0 aliphatic heterocycles. The van der Waals surface area contributed by atoms with E-state index in [0.717, 1.165) is 0 Å². The van der Waals surface area contributed by atoms with Gasteiger partial charge in [-0.3, -0.25) is 0 Å². The molecule has 0 fully saturated rings. The lowest BCUT2D eigenvalue weighted by Gasteiger charge is -2.05. The number of oxazole rings is 1. The maximum absolute atomic E-state index is 12.8. The molecule has 1 aromatic carbocycles. The Labute approximate surface area is 108 Å². The van der Waals surface area contributed by atoms with Crippen LogP contribution in [-0.2, 0) is 16.1 Å². The maximum Gasteiger partial charge on any atom is 0.332 e. The van der Waals surface area contributed by atoms with Crippen molar-refractivity contribution >= 4 is 5.97 Å². The summed E-state index contributed by atoms with van der Waals surface area (Å²) in [4.78, 5) is 14.7. The number of nitrogens with zero attached hydrogens (tertiary/aromatic N) is 1. The highest BCUT2D eigenvalue weighted by atomic mass is 19.1. The van der Waals surface area contributed by atoms with Crippen molar-refractivity contribution in [2.75, 3.05) is 0 Å². The molecule has 19 heavy (non-hydrogen) atoms. The molecule has 0 radical (unpaired) electrons. The smallest absolute Gasteiger partial charge is 0.332 e. The molecule has 0 spiro atoms. The molecule has 0 aliphatic carbocycles. The van der Waals surface area contributed by atoms with Gasteiger partial charge in [0.15, 0.2) is 6.10 Å². The maximum atomic E-state index is 12.8. The van der Waals surface area contributed by atoms with Gasteiger partial charge in [-0.2, -0.15) is 0 Å². The summed E-state index contributed by atoms with van der Waals surface area (Å²) in [7, 11) is 0. The zero-order chi connectivity index (χ0) is 13.8. The first-order chi connectivity index (χ1) is 9.06. The van der Waals surface area contributed by atoms with Gasteiger partial charge in [-0.1, -0.05) is 0 Å². The van der Waals surface area contributed by atoms with Crippen molar-refractivity contribution in [2.24, 2.45) is 0 Å². The SMILES string of the molecule is C[C@H](OCc1coc(-c2ccc(F)cc2)n1)C(=O)O. The standard InChI is InChI=1S/C13H12FNO4/c1-8(13(16)17)18-6-11-7-19-12(15-11)9-2-4-10(14)5-3-9/h2-5,7-8H,6H2,1H3,(H,16,17)/t8-/m0/s1. The van der Waals surface area contributed by atoms with Crippen LogP contribution < -0.4 is 0 Å². The number of aliphatic carboxylic acids is 1. The predicted octanol–water partition coefficient (Wildman–Crippen LogP) is 2.47. The predicted molar refractivity (Wildman–Crippen MR) is 63.8 cm³/mol. The van der Waals surface area contributed by atoms with Gasteiger partial charge in [-0.15, -0.1) is 0 Å². The number of carbonyl (C=O) groups is 1. The van der Waals surface area contributed by atoms with Gasteiger partial charge in [-0.25, -0.2) is 14.2 Å². The molecule has 2 rings (SSSR count). The van der Waals surface area contributed by atoms with Gasteiger partial charge < -0.3 is 14.3 Å². The Kier molecular flexibility index (Phi) is 3.91. The highest BCUT2D eigenvalue weighted by Gasteiger charge is 2.13. The van der Waals surface area contributed by atoms with E-state index < -0.39 is 12.1 Å². The van der Waals surface area contributed by atoms with Crippen LogP contribution in [0.2, 0.25) is 0 Å². The monoisotopic (exact) mass is 265 g/mol. The molecule has 0 amide bonds. The van der Waals surface area contributed by atoms with E-state index in [2.05, 4.69) is 4.98 Å². The lowest BCUT2D eigenvalue weighted by atomic mass is 10.2. The van der Waals surface area contributed by atoms with Gasteiger partial charge in [0.1, 0.15) is 17.8 Å². The van der Waals surface area contributed by atoms with Crippen LogP contribution in [0.3, 0.4) is 0 Å². The molecule has 0 aliphatic rings. The average molecular weight is 265 g/mol. The molecule has 6 heteroatoms. The summed E-state index contributed by atoms with van der Waals surface area (Å²) >= 11 is 0. The van der Waals surface area contributed by atoms with Crippen molar-refractivity contribution in [2.45, 2.75) is 19.6 Å². The first-order valence-corrected chi connectivity index (χ1v) is 5.61. The minimum atomic E-state index is -1.04. The van der Waals surface area contributed by atoms with Crippen LogP contribution >= 0.6 is 0 Å². The lowest BCUT2D eigenvalue weighted by molar-refractivity contribution is -0.149. The minimum Gasteiger partial charge on any atom is -0.479 e. The molecule has 1 N–H and O–H groups in total. The van der Waals surface area contributed by atoms with E-state index in [-0.39, 0.29) is 12.4 Å². The molecule has 1 atom stereocenters. The first kappa shape index (κ1) is 13.2. The molecule has 100 valence electrons. The van der Waals surface area contributed by atoms with E-state index in [9.17, 15) is 9.18 Å². The number of aromatic nitrogens is 1. The van der Waals surface area contributed by atoms with E-state index in [1.165, 1.54) is 25.3 Å². The van der Waals surface area contributed by atoms with Crippen molar-refractivity contribution < 1.29 is 23.4 Å². The molecule has 0 saturated heterocycles. The molecule has 5 nitrogen and oxygen atoms in total. The van der Waals surface area contributed by atoms with Crippen LogP contribution in [-0.4, -0.2) is 22.2 Å². The third-order valence-corrected chi connectivity index (χ3v) is 2.47. The van der Waals surface area contributed by atoms with Gasteiger partial charge >= 0.3 is 5.97 Å². The van der Waals surface area contributed by atoms with Crippen LogP contribution in [0.4, 0.5) is 4.39 Å². The van der Waals surface area contributed by atoms with Crippen LogP contribution in [0.1, 0.15) is 12.6 Å². The summed E-state index contributed by atoms with van der Waals surface area (Å²) in [6, 6.07) is 5.71. The second-order valence-electron chi connectivity index (χ2n) is 3.94. The Morgan fingerprint density at radius 3 is 2.79 bits per heavy atom. The van der Waals surface area contributed by atoms with Crippen molar-refractivity contribution in [1.82, 2.24) is 4.98 Å². The molecule has 1 aromatic heterocycles. The summed E-state index contributed by atoms with van der Waals surface area (Å²) in [6.45, 7) is 1.47. The van der Waals surface area contributed by atoms with Gasteiger partial charge in [0.2, 0.25) is 5.89 Å². The van der Waals surface area contributed by atoms with E-state index in [0.29, 0.717) is 17.1 Å². The van der Waals surface area contributed by atoms with Crippen molar-refractivity contribution in [1.29, 1.82) is 0 Å². The van der Waals surface area contributed by atoms with E-state index in [1.54, 1.807) is 12.1 Å². The summed E-state index contributed by atoms with van der Waals surface area (Å²) in [5.41, 5.74) is 1.12. The van der Waals surface area contributed by atoms with Crippen molar-refractivity contribution in [3.05, 3.63) is 42.0 Å². The molecule has 0 saturated carbocycles. The van der Waals surface area contributed by atoms with E-state index in [4.69, 9.17) is 14.3 Å². The second-order valence-corrected chi connectivity index (χ2v) is 3.94. The number of benzene rings is 1. The highest BCUT2D eigenvalue weighted by molar-refractivity contribution is 5.71. The zero-order valence-electron chi connectivity index (χ0n) is 10.2. The van der Waals surface area contributed by atoms with Gasteiger partial charge in [-0.05, 0) is 31.2 Å². The van der Waals surface area contributed by atoms with Crippen LogP contribution in [0.5, 0.6) is 0 Å². The van der Waals surface area contributed by atoms with Gasteiger partial charge in [0.05, 0.1) is 6.61 Å². The number of hydrogen-bond donors (Lipinski definition) is 1. The average Bonchev–Trinajstić information content (AvgIpc) is 2.85. The number of halogens is 1. The van der Waals surface area contributed by atoms with E-state index in [1.807, 2.05) is 0 Å². The first-order valence-electron chi connectivity index (χ1n) is 5.61. The summed E-state index contributed by atoms with van der Waals surface area (Å²) in [5.74, 6) is -1.04. The number of hydrogen-bond acceptors (Lipinski definition) is 4. The third kappa shape index (κ3) is 3.38. The van der Waals surface area contributed by atoms with Gasteiger partial charge in [0.25, 0.3) is 0 Å². The Balaban J connectivity index is 2.03. The molecular weight excluding hydrogens is 253 g/mol. The number of carboxylic acid groups (broad SMARTS) is 1. The molecule has 0 unspecified atom stereocenters. The van der Waals surface area contributed by atoms with E-state index >= 15 is 0 Å². The normalized spacial score (nSPS) is 12.3. The van der Waals surface area contributed by atoms with Crippen molar-refractivity contribution in [3.63, 3.8) is 0 Å².